The van der Waals surface area contributed by atoms with Crippen molar-refractivity contribution in [2.45, 2.75) is 17.9 Å². The molecule has 1 aliphatic rings. The van der Waals surface area contributed by atoms with Crippen molar-refractivity contribution in [2.24, 2.45) is 4.99 Å². The minimum atomic E-state index is -3.78. The Bertz CT molecular complexity index is 1750. The third-order valence-electron chi connectivity index (χ3n) is 5.86. The predicted octanol–water partition coefficient (Wildman–Crippen LogP) is 3.74. The number of nitro benzene ring substituents is 1. The van der Waals surface area contributed by atoms with Gasteiger partial charge in [-0.15, -0.1) is 6.42 Å². The van der Waals surface area contributed by atoms with Crippen molar-refractivity contribution < 1.29 is 18.1 Å². The van der Waals surface area contributed by atoms with Gasteiger partial charge in [0, 0.05) is 24.2 Å². The molecule has 0 radical (unpaired) electrons. The monoisotopic (exact) mass is 518 g/mol. The van der Waals surface area contributed by atoms with Gasteiger partial charge in [0.25, 0.3) is 21.6 Å². The summed E-state index contributed by atoms with van der Waals surface area (Å²) in [6.45, 7) is 0.482. The van der Waals surface area contributed by atoms with E-state index in [-0.39, 0.29) is 22.7 Å². The van der Waals surface area contributed by atoms with Crippen LogP contribution in [-0.2, 0) is 23.0 Å². The SMILES string of the molecule is C#CCn1c(=NC(=O)c2ccc(S(=O)(=O)N3CCc4ccccc43)cc2)sc2cc([N+](=O)[O-])ccc21. The smallest absolute Gasteiger partial charge is 0.279 e. The maximum Gasteiger partial charge on any atom is 0.279 e. The Morgan fingerprint density at radius 3 is 2.61 bits per heavy atom. The molecule has 3 aromatic carbocycles. The Kier molecular flexibility index (Phi) is 5.91. The number of rotatable bonds is 5. The highest BCUT2D eigenvalue weighted by atomic mass is 32.2. The first-order valence-corrected chi connectivity index (χ1v) is 13.1. The van der Waals surface area contributed by atoms with Gasteiger partial charge in [0.05, 0.1) is 32.3 Å². The van der Waals surface area contributed by atoms with E-state index in [1.807, 2.05) is 12.1 Å². The van der Waals surface area contributed by atoms with E-state index in [0.717, 1.165) is 16.9 Å². The van der Waals surface area contributed by atoms with Crippen molar-refractivity contribution in [1.82, 2.24) is 4.57 Å². The number of benzene rings is 3. The molecule has 0 spiro atoms. The second-order valence-corrected chi connectivity index (χ2v) is 10.9. The quantitative estimate of drug-likeness (QED) is 0.227. The fourth-order valence-corrected chi connectivity index (χ4v) is 6.67. The summed E-state index contributed by atoms with van der Waals surface area (Å²) in [6, 6.07) is 17.3. The molecule has 0 fully saturated rings. The van der Waals surface area contributed by atoms with Crippen LogP contribution in [0.1, 0.15) is 15.9 Å². The van der Waals surface area contributed by atoms with Crippen molar-refractivity contribution in [3.05, 3.63) is 92.8 Å². The molecule has 1 aliphatic heterocycles. The number of para-hydroxylation sites is 1. The molecule has 0 bridgehead atoms. The molecule has 0 atom stereocenters. The first kappa shape index (κ1) is 23.5. The fraction of sp³-hybridized carbons (Fsp3) is 0.120. The summed E-state index contributed by atoms with van der Waals surface area (Å²) >= 11 is 1.11. The van der Waals surface area contributed by atoms with Gasteiger partial charge in [-0.2, -0.15) is 4.99 Å². The van der Waals surface area contributed by atoms with Crippen molar-refractivity contribution in [3.8, 4) is 12.3 Å². The minimum absolute atomic E-state index is 0.0762. The lowest BCUT2D eigenvalue weighted by Gasteiger charge is -2.19. The van der Waals surface area contributed by atoms with E-state index in [1.54, 1.807) is 22.8 Å². The van der Waals surface area contributed by atoms with Gasteiger partial charge < -0.3 is 4.57 Å². The molecule has 0 saturated carbocycles. The Labute approximate surface area is 210 Å². The van der Waals surface area contributed by atoms with E-state index >= 15 is 0 Å². The lowest BCUT2D eigenvalue weighted by molar-refractivity contribution is -0.384. The summed E-state index contributed by atoms with van der Waals surface area (Å²) in [5.41, 5.74) is 2.39. The van der Waals surface area contributed by atoms with Crippen molar-refractivity contribution >= 4 is 48.9 Å². The number of aromatic nitrogens is 1. The molecule has 9 nitrogen and oxygen atoms in total. The van der Waals surface area contributed by atoms with Gasteiger partial charge in [0.2, 0.25) is 0 Å². The molecule has 0 unspecified atom stereocenters. The zero-order valence-electron chi connectivity index (χ0n) is 18.7. The lowest BCUT2D eigenvalue weighted by Crippen LogP contribution is -2.29. The number of nitro groups is 1. The molecule has 0 aliphatic carbocycles. The molecule has 180 valence electrons. The number of carbonyl (C=O) groups excluding carboxylic acids is 1. The number of sulfonamides is 1. The average Bonchev–Trinajstić information content (AvgIpc) is 3.46. The summed E-state index contributed by atoms with van der Waals surface area (Å²) in [5.74, 6) is 1.92. The van der Waals surface area contributed by atoms with Crippen LogP contribution >= 0.6 is 11.3 Å². The second-order valence-electron chi connectivity index (χ2n) is 7.98. The van der Waals surface area contributed by atoms with Crippen LogP contribution in [0, 0.1) is 22.5 Å². The molecule has 36 heavy (non-hydrogen) atoms. The highest BCUT2D eigenvalue weighted by molar-refractivity contribution is 7.92. The van der Waals surface area contributed by atoms with Gasteiger partial charge in [-0.05, 0) is 48.4 Å². The standard InChI is InChI=1S/C25H18N4O5S2/c1-2-14-27-22-12-9-19(29(31)32)16-23(22)35-25(27)26-24(30)18-7-10-20(11-8-18)36(33,34)28-15-13-17-5-3-4-6-21(17)28/h1,3-12,16H,13-15H2. The van der Waals surface area contributed by atoms with Gasteiger partial charge in [-0.1, -0.05) is 35.5 Å². The molecule has 1 aromatic heterocycles. The zero-order chi connectivity index (χ0) is 25.4. The van der Waals surface area contributed by atoms with Crippen LogP contribution in [0.5, 0.6) is 0 Å². The molecule has 4 aromatic rings. The molecule has 0 N–H and O–H groups in total. The first-order valence-electron chi connectivity index (χ1n) is 10.8. The van der Waals surface area contributed by atoms with E-state index < -0.39 is 20.9 Å². The Balaban J connectivity index is 1.47. The van der Waals surface area contributed by atoms with E-state index in [1.165, 1.54) is 40.7 Å². The van der Waals surface area contributed by atoms with Gasteiger partial charge in [0.15, 0.2) is 4.80 Å². The van der Waals surface area contributed by atoms with E-state index in [0.29, 0.717) is 33.7 Å². The first-order chi connectivity index (χ1) is 17.3. The highest BCUT2D eigenvalue weighted by Crippen LogP contribution is 2.32. The molecule has 11 heteroatoms. The number of fused-ring (bicyclic) bond motifs is 2. The number of amides is 1. The van der Waals surface area contributed by atoms with Crippen LogP contribution in [0.15, 0.2) is 76.6 Å². The molecular formula is C25H18N4O5S2. The second kappa shape index (κ2) is 9.07. The third kappa shape index (κ3) is 4.06. The van der Waals surface area contributed by atoms with Gasteiger partial charge >= 0.3 is 0 Å². The van der Waals surface area contributed by atoms with Crippen molar-refractivity contribution in [3.63, 3.8) is 0 Å². The number of terminal acetylenes is 1. The number of nitrogens with zero attached hydrogens (tertiary/aromatic N) is 4. The van der Waals surface area contributed by atoms with E-state index in [2.05, 4.69) is 10.9 Å². The molecule has 2 heterocycles. The summed E-state index contributed by atoms with van der Waals surface area (Å²) in [5, 5.41) is 11.1. The zero-order valence-corrected chi connectivity index (χ0v) is 20.3. The van der Waals surface area contributed by atoms with Crippen molar-refractivity contribution in [2.75, 3.05) is 10.8 Å². The topological polar surface area (TPSA) is 115 Å². The normalized spacial score (nSPS) is 13.5. The number of thiazole rings is 1. The van der Waals surface area contributed by atoms with Crippen molar-refractivity contribution in [1.29, 1.82) is 0 Å². The Morgan fingerprint density at radius 1 is 1.14 bits per heavy atom. The van der Waals surface area contributed by atoms with E-state index in [9.17, 15) is 23.3 Å². The number of anilines is 1. The molecular weight excluding hydrogens is 500 g/mol. The predicted molar refractivity (Wildman–Crippen MR) is 136 cm³/mol. The average molecular weight is 519 g/mol. The third-order valence-corrected chi connectivity index (χ3v) is 8.73. The van der Waals surface area contributed by atoms with Crippen LogP contribution in [0.3, 0.4) is 0 Å². The summed E-state index contributed by atoms with van der Waals surface area (Å²) in [4.78, 5) is 28.1. The minimum Gasteiger partial charge on any atom is -0.305 e. The maximum atomic E-state index is 13.2. The van der Waals surface area contributed by atoms with Crippen LogP contribution in [0.4, 0.5) is 11.4 Å². The van der Waals surface area contributed by atoms with Crippen LogP contribution in [0.2, 0.25) is 0 Å². The molecule has 1 amide bonds. The Hall–Kier alpha value is -4.27. The summed E-state index contributed by atoms with van der Waals surface area (Å²) in [6.07, 6.45) is 6.12. The van der Waals surface area contributed by atoms with Crippen LogP contribution in [-0.4, -0.2) is 30.4 Å². The number of carbonyl (C=O) groups is 1. The van der Waals surface area contributed by atoms with Gasteiger partial charge in [-0.3, -0.25) is 19.2 Å². The largest absolute Gasteiger partial charge is 0.305 e. The molecule has 0 saturated heterocycles. The van der Waals surface area contributed by atoms with Gasteiger partial charge in [-0.25, -0.2) is 8.42 Å². The number of non-ortho nitro benzene ring substituents is 1. The van der Waals surface area contributed by atoms with Crippen LogP contribution < -0.4 is 9.11 Å². The lowest BCUT2D eigenvalue weighted by atomic mass is 10.2. The summed E-state index contributed by atoms with van der Waals surface area (Å²) < 4.78 is 30.0. The Morgan fingerprint density at radius 2 is 1.89 bits per heavy atom. The van der Waals surface area contributed by atoms with Crippen LogP contribution in [0.25, 0.3) is 10.2 Å². The van der Waals surface area contributed by atoms with Gasteiger partial charge in [0.1, 0.15) is 0 Å². The number of hydrogen-bond acceptors (Lipinski definition) is 6. The number of hydrogen-bond donors (Lipinski definition) is 0. The maximum absolute atomic E-state index is 13.2. The fourth-order valence-electron chi connectivity index (χ4n) is 4.11. The van der Waals surface area contributed by atoms with E-state index in [4.69, 9.17) is 6.42 Å². The molecule has 5 rings (SSSR count). The highest BCUT2D eigenvalue weighted by Gasteiger charge is 2.30. The summed E-state index contributed by atoms with van der Waals surface area (Å²) in [7, 11) is -3.78.